The second-order valence-corrected chi connectivity index (χ2v) is 6.39. The molecule has 0 fully saturated rings. The summed E-state index contributed by atoms with van der Waals surface area (Å²) in [4.78, 5) is 29.0. The minimum atomic E-state index is -0.333. The van der Waals surface area contributed by atoms with Gasteiger partial charge in [0.05, 0.1) is 9.75 Å². The molecule has 2 heterocycles. The minimum Gasteiger partial charge on any atom is -0.328 e. The van der Waals surface area contributed by atoms with Gasteiger partial charge in [0.25, 0.3) is 5.91 Å². The van der Waals surface area contributed by atoms with Gasteiger partial charge in [-0.1, -0.05) is 36.4 Å². The van der Waals surface area contributed by atoms with Crippen molar-refractivity contribution in [2.45, 2.75) is 13.5 Å². The number of ketones is 1. The normalized spacial score (nSPS) is 11.5. The van der Waals surface area contributed by atoms with Gasteiger partial charge >= 0.3 is 0 Å². The van der Waals surface area contributed by atoms with Crippen LogP contribution < -0.4 is 5.49 Å². The Kier molecular flexibility index (Phi) is 4.82. The van der Waals surface area contributed by atoms with E-state index in [1.165, 1.54) is 18.3 Å². The van der Waals surface area contributed by atoms with Gasteiger partial charge in [0.15, 0.2) is 5.78 Å². The molecule has 3 rings (SSSR count). The Morgan fingerprint density at radius 3 is 2.38 bits per heavy atom. The van der Waals surface area contributed by atoms with Crippen molar-refractivity contribution in [2.75, 3.05) is 0 Å². The number of thiophene rings is 1. The predicted octanol–water partition coefficient (Wildman–Crippen LogP) is 3.54. The molecule has 0 aliphatic carbocycles. The van der Waals surface area contributed by atoms with Crippen LogP contribution in [-0.2, 0) is 6.54 Å². The number of Topliss-reactive ketones (excluding diaryl/α,β-unsaturated/α-hetero) is 1. The average molecular weight is 336 g/mol. The van der Waals surface area contributed by atoms with Gasteiger partial charge in [-0.15, -0.1) is 11.3 Å². The van der Waals surface area contributed by atoms with Gasteiger partial charge in [-0.25, -0.2) is 0 Å². The van der Waals surface area contributed by atoms with E-state index in [4.69, 9.17) is 0 Å². The first kappa shape index (κ1) is 16.1. The third-order valence-electron chi connectivity index (χ3n) is 3.49. The molecule has 0 N–H and O–H groups in total. The molecule has 24 heavy (non-hydrogen) atoms. The van der Waals surface area contributed by atoms with Crippen LogP contribution in [-0.4, -0.2) is 16.3 Å². The summed E-state index contributed by atoms with van der Waals surface area (Å²) < 4.78 is 1.92. The maximum Gasteiger partial charge on any atom is 0.289 e. The lowest BCUT2D eigenvalue weighted by Crippen LogP contribution is -2.21. The maximum atomic E-state index is 12.4. The van der Waals surface area contributed by atoms with Crippen molar-refractivity contribution in [1.82, 2.24) is 4.57 Å². The summed E-state index contributed by atoms with van der Waals surface area (Å²) in [6.07, 6.45) is 1.90. The first-order valence-corrected chi connectivity index (χ1v) is 8.34. The lowest BCUT2D eigenvalue weighted by molar-refractivity contribution is 0.0998. The van der Waals surface area contributed by atoms with Crippen molar-refractivity contribution in [1.29, 1.82) is 0 Å². The van der Waals surface area contributed by atoms with Crippen LogP contribution in [0.1, 0.15) is 31.8 Å². The van der Waals surface area contributed by atoms with Crippen molar-refractivity contribution in [2.24, 2.45) is 4.99 Å². The third kappa shape index (κ3) is 3.75. The summed E-state index contributed by atoms with van der Waals surface area (Å²) in [5, 5.41) is 0. The van der Waals surface area contributed by atoms with Crippen LogP contribution in [0.15, 0.2) is 71.9 Å². The molecule has 2 aromatic heterocycles. The van der Waals surface area contributed by atoms with E-state index in [1.54, 1.807) is 18.2 Å². The fourth-order valence-electron chi connectivity index (χ4n) is 2.28. The quantitative estimate of drug-likeness (QED) is 0.684. The van der Waals surface area contributed by atoms with E-state index in [1.807, 2.05) is 53.2 Å². The molecule has 0 aliphatic rings. The van der Waals surface area contributed by atoms with Crippen LogP contribution in [0.5, 0.6) is 0 Å². The number of pyridine rings is 1. The Morgan fingerprint density at radius 1 is 0.958 bits per heavy atom. The highest BCUT2D eigenvalue weighted by Gasteiger charge is 2.10. The van der Waals surface area contributed by atoms with Gasteiger partial charge in [0, 0.05) is 12.7 Å². The van der Waals surface area contributed by atoms with E-state index in [0.29, 0.717) is 21.8 Å². The van der Waals surface area contributed by atoms with Gasteiger partial charge in [0.2, 0.25) is 0 Å². The largest absolute Gasteiger partial charge is 0.328 e. The fourth-order valence-corrected chi connectivity index (χ4v) is 3.07. The van der Waals surface area contributed by atoms with E-state index in [0.717, 1.165) is 5.56 Å². The summed E-state index contributed by atoms with van der Waals surface area (Å²) in [6, 6.07) is 18.9. The zero-order valence-corrected chi connectivity index (χ0v) is 14.0. The van der Waals surface area contributed by atoms with Gasteiger partial charge in [-0.2, -0.15) is 4.99 Å². The number of aromatic nitrogens is 1. The molecule has 120 valence electrons. The molecule has 0 unspecified atom stereocenters. The van der Waals surface area contributed by atoms with Crippen LogP contribution in [0.25, 0.3) is 0 Å². The number of rotatable bonds is 4. The third-order valence-corrected chi connectivity index (χ3v) is 4.67. The fraction of sp³-hybridized carbons (Fsp3) is 0.105. The highest BCUT2D eigenvalue weighted by Crippen LogP contribution is 2.17. The first-order chi connectivity index (χ1) is 11.6. The van der Waals surface area contributed by atoms with Crippen LogP contribution in [0.2, 0.25) is 0 Å². The van der Waals surface area contributed by atoms with Gasteiger partial charge in [0.1, 0.15) is 5.49 Å². The monoisotopic (exact) mass is 336 g/mol. The van der Waals surface area contributed by atoms with Gasteiger partial charge in [-0.05, 0) is 36.8 Å². The van der Waals surface area contributed by atoms with E-state index in [-0.39, 0.29) is 11.7 Å². The van der Waals surface area contributed by atoms with Gasteiger partial charge < -0.3 is 4.57 Å². The molecule has 0 atom stereocenters. The topological polar surface area (TPSA) is 51.4 Å². The lowest BCUT2D eigenvalue weighted by Gasteiger charge is -2.07. The number of hydrogen-bond acceptors (Lipinski definition) is 3. The molecule has 0 aliphatic heterocycles. The zero-order chi connectivity index (χ0) is 16.9. The molecule has 0 saturated heterocycles. The summed E-state index contributed by atoms with van der Waals surface area (Å²) in [6.45, 7) is 2.12. The smallest absolute Gasteiger partial charge is 0.289 e. The number of carbonyl (C=O) groups excluding carboxylic acids is 2. The zero-order valence-electron chi connectivity index (χ0n) is 13.2. The van der Waals surface area contributed by atoms with Crippen LogP contribution in [0.3, 0.4) is 0 Å². The Morgan fingerprint density at radius 2 is 1.67 bits per heavy atom. The standard InChI is InChI=1S/C19H16N2O2S/c1-14(22)16-10-11-17(24-16)19(23)20-18-9-5-6-12-21(18)13-15-7-3-2-4-8-15/h2-12H,13H2,1H3. The summed E-state index contributed by atoms with van der Waals surface area (Å²) in [7, 11) is 0. The van der Waals surface area contributed by atoms with Crippen molar-refractivity contribution in [3.05, 3.63) is 87.7 Å². The first-order valence-electron chi connectivity index (χ1n) is 7.53. The summed E-state index contributed by atoms with van der Waals surface area (Å²) >= 11 is 1.18. The second kappa shape index (κ2) is 7.19. The Balaban J connectivity index is 1.92. The molecule has 0 bridgehead atoms. The van der Waals surface area contributed by atoms with Gasteiger partial charge in [-0.3, -0.25) is 9.59 Å². The number of benzene rings is 1. The number of carbonyl (C=O) groups is 2. The van der Waals surface area contributed by atoms with Crippen molar-refractivity contribution < 1.29 is 9.59 Å². The van der Waals surface area contributed by atoms with E-state index in [2.05, 4.69) is 4.99 Å². The molecular formula is C19H16N2O2S. The highest BCUT2D eigenvalue weighted by atomic mass is 32.1. The molecule has 0 saturated carbocycles. The molecule has 4 nitrogen and oxygen atoms in total. The van der Waals surface area contributed by atoms with Crippen molar-refractivity contribution >= 4 is 23.0 Å². The van der Waals surface area contributed by atoms with Crippen molar-refractivity contribution in [3.63, 3.8) is 0 Å². The van der Waals surface area contributed by atoms with Crippen LogP contribution in [0, 0.1) is 0 Å². The molecular weight excluding hydrogens is 320 g/mol. The predicted molar refractivity (Wildman–Crippen MR) is 94.2 cm³/mol. The number of amides is 1. The minimum absolute atomic E-state index is 0.0436. The average Bonchev–Trinajstić information content (AvgIpc) is 3.08. The lowest BCUT2D eigenvalue weighted by atomic mass is 10.2. The van der Waals surface area contributed by atoms with Crippen molar-refractivity contribution in [3.8, 4) is 0 Å². The molecule has 0 radical (unpaired) electrons. The van der Waals surface area contributed by atoms with Crippen LogP contribution in [0.4, 0.5) is 0 Å². The molecule has 3 aromatic rings. The maximum absolute atomic E-state index is 12.4. The number of hydrogen-bond donors (Lipinski definition) is 0. The summed E-state index contributed by atoms with van der Waals surface area (Å²) in [5.41, 5.74) is 1.72. The SMILES string of the molecule is CC(=O)c1ccc(C(=O)N=c2ccccn2Cc2ccccc2)s1. The highest BCUT2D eigenvalue weighted by molar-refractivity contribution is 7.16. The van der Waals surface area contributed by atoms with E-state index < -0.39 is 0 Å². The summed E-state index contributed by atoms with van der Waals surface area (Å²) in [5.74, 6) is -0.376. The molecule has 5 heteroatoms. The number of nitrogens with zero attached hydrogens (tertiary/aromatic N) is 2. The molecule has 0 spiro atoms. The molecule has 1 amide bonds. The Hall–Kier alpha value is -2.79. The second-order valence-electron chi connectivity index (χ2n) is 5.31. The van der Waals surface area contributed by atoms with Crippen LogP contribution >= 0.6 is 11.3 Å². The van der Waals surface area contributed by atoms with E-state index >= 15 is 0 Å². The Bertz CT molecular complexity index is 939. The Labute approximate surface area is 143 Å². The van der Waals surface area contributed by atoms with E-state index in [9.17, 15) is 9.59 Å². The molecule has 1 aromatic carbocycles.